The van der Waals surface area contributed by atoms with Gasteiger partial charge in [0.15, 0.2) is 0 Å². The molecule has 2 rings (SSSR count). The summed E-state index contributed by atoms with van der Waals surface area (Å²) in [6.07, 6.45) is 3.30. The maximum atomic E-state index is 11.8. The van der Waals surface area contributed by atoms with Crippen LogP contribution in [0.15, 0.2) is 0 Å². The predicted molar refractivity (Wildman–Crippen MR) is 70.1 cm³/mol. The molecule has 2 aliphatic rings. The maximum absolute atomic E-state index is 11.8. The Hall–Kier alpha value is -0.410. The van der Waals surface area contributed by atoms with Gasteiger partial charge < -0.3 is 10.2 Å². The van der Waals surface area contributed by atoms with E-state index < -0.39 is 11.2 Å². The van der Waals surface area contributed by atoms with Crippen LogP contribution in [0.2, 0.25) is 0 Å². The molecule has 0 aromatic carbocycles. The van der Waals surface area contributed by atoms with E-state index in [1.54, 1.807) is 0 Å². The molecule has 0 heterocycles. The van der Waals surface area contributed by atoms with E-state index in [0.717, 1.165) is 12.8 Å². The third-order valence-electron chi connectivity index (χ3n) is 5.58. The average molecular weight is 254 g/mol. The zero-order valence-electron chi connectivity index (χ0n) is 12.0. The van der Waals surface area contributed by atoms with Crippen LogP contribution in [0.4, 0.5) is 0 Å². The van der Waals surface area contributed by atoms with Crippen LogP contribution in [0.5, 0.6) is 0 Å². The van der Waals surface area contributed by atoms with Crippen LogP contribution < -0.4 is 0 Å². The smallest absolute Gasteiger partial charge is 0.133 e. The minimum absolute atomic E-state index is 0.00565. The molecule has 0 saturated heterocycles. The minimum atomic E-state index is -0.802. The molecular formula is C15H26O3. The Kier molecular flexibility index (Phi) is 3.14. The summed E-state index contributed by atoms with van der Waals surface area (Å²) in [7, 11) is 0. The molecule has 0 bridgehead atoms. The Bertz CT molecular complexity index is 357. The number of carbonyl (C=O) groups excluding carboxylic acids is 1. The van der Waals surface area contributed by atoms with Gasteiger partial charge in [-0.25, -0.2) is 0 Å². The Morgan fingerprint density at radius 2 is 2.00 bits per heavy atom. The monoisotopic (exact) mass is 254 g/mol. The van der Waals surface area contributed by atoms with Gasteiger partial charge in [0.1, 0.15) is 5.78 Å². The van der Waals surface area contributed by atoms with E-state index in [0.29, 0.717) is 19.3 Å². The van der Waals surface area contributed by atoms with Gasteiger partial charge in [-0.05, 0) is 44.9 Å². The Balaban J connectivity index is 2.30. The predicted octanol–water partition coefficient (Wildman–Crippen LogP) is 2.29. The molecule has 3 heteroatoms. The second-order valence-corrected chi connectivity index (χ2v) is 7.40. The highest BCUT2D eigenvalue weighted by Gasteiger charge is 2.58. The molecule has 2 unspecified atom stereocenters. The van der Waals surface area contributed by atoms with Crippen LogP contribution >= 0.6 is 0 Å². The zero-order valence-corrected chi connectivity index (χ0v) is 12.0. The van der Waals surface area contributed by atoms with Crippen molar-refractivity contribution >= 4 is 5.78 Å². The minimum Gasteiger partial charge on any atom is -0.390 e. The molecule has 0 spiro atoms. The van der Waals surface area contributed by atoms with Gasteiger partial charge in [0.25, 0.3) is 0 Å². The molecule has 0 amide bonds. The standard InChI is InChI=1S/C15H26O3/c1-10-7-12(16)9-14(4)6-5-11(13(2,3)17)8-15(10,14)18/h10-11,17-18H,5-9H2,1-4H3/t10?,11?,14-,15+/m0/s1. The lowest BCUT2D eigenvalue weighted by molar-refractivity contribution is -0.195. The van der Waals surface area contributed by atoms with E-state index in [4.69, 9.17) is 0 Å². The van der Waals surface area contributed by atoms with Gasteiger partial charge >= 0.3 is 0 Å². The van der Waals surface area contributed by atoms with Crippen LogP contribution in [-0.2, 0) is 4.79 Å². The quantitative estimate of drug-likeness (QED) is 0.755. The molecule has 0 aliphatic heterocycles. The molecule has 0 radical (unpaired) electrons. The van der Waals surface area contributed by atoms with Crippen molar-refractivity contribution in [3.05, 3.63) is 0 Å². The van der Waals surface area contributed by atoms with Crippen molar-refractivity contribution in [1.29, 1.82) is 0 Å². The molecule has 0 aromatic heterocycles. The molecule has 2 fully saturated rings. The summed E-state index contributed by atoms with van der Waals surface area (Å²) in [4.78, 5) is 11.8. The fourth-order valence-electron chi connectivity index (χ4n) is 4.09. The molecule has 0 aromatic rings. The second kappa shape index (κ2) is 4.04. The topological polar surface area (TPSA) is 57.5 Å². The van der Waals surface area contributed by atoms with Crippen molar-refractivity contribution in [1.82, 2.24) is 0 Å². The van der Waals surface area contributed by atoms with E-state index in [1.165, 1.54) is 0 Å². The van der Waals surface area contributed by atoms with Crippen LogP contribution in [-0.4, -0.2) is 27.2 Å². The van der Waals surface area contributed by atoms with Crippen molar-refractivity contribution in [2.45, 2.75) is 71.0 Å². The normalized spacial score (nSPS) is 45.8. The molecule has 104 valence electrons. The van der Waals surface area contributed by atoms with Crippen molar-refractivity contribution in [3.8, 4) is 0 Å². The average Bonchev–Trinajstić information content (AvgIpc) is 2.18. The highest BCUT2D eigenvalue weighted by atomic mass is 16.3. The second-order valence-electron chi connectivity index (χ2n) is 7.40. The lowest BCUT2D eigenvalue weighted by atomic mass is 9.50. The van der Waals surface area contributed by atoms with Gasteiger partial charge in [-0.1, -0.05) is 13.8 Å². The third-order valence-corrected chi connectivity index (χ3v) is 5.58. The lowest BCUT2D eigenvalue weighted by Crippen LogP contribution is -2.60. The number of hydrogen-bond donors (Lipinski definition) is 2. The number of hydrogen-bond acceptors (Lipinski definition) is 3. The van der Waals surface area contributed by atoms with E-state index in [9.17, 15) is 15.0 Å². The van der Waals surface area contributed by atoms with Crippen molar-refractivity contribution in [3.63, 3.8) is 0 Å². The number of ketones is 1. The SMILES string of the molecule is CC1CC(=O)C[C@]2(C)CCC(C(C)(C)O)C[C@@]12O. The summed E-state index contributed by atoms with van der Waals surface area (Å²) < 4.78 is 0. The number of carbonyl (C=O) groups is 1. The number of fused-ring (bicyclic) bond motifs is 1. The first kappa shape index (κ1) is 14.0. The van der Waals surface area contributed by atoms with Gasteiger partial charge in [0.05, 0.1) is 11.2 Å². The zero-order chi connectivity index (χ0) is 13.8. The van der Waals surface area contributed by atoms with Crippen molar-refractivity contribution in [2.75, 3.05) is 0 Å². The highest BCUT2D eigenvalue weighted by Crippen LogP contribution is 2.57. The Morgan fingerprint density at radius 3 is 2.56 bits per heavy atom. The van der Waals surface area contributed by atoms with E-state index >= 15 is 0 Å². The molecule has 2 saturated carbocycles. The third kappa shape index (κ3) is 2.01. The summed E-state index contributed by atoms with van der Waals surface area (Å²) in [5, 5.41) is 21.3. The lowest BCUT2D eigenvalue weighted by Gasteiger charge is -2.57. The number of aliphatic hydroxyl groups is 2. The van der Waals surface area contributed by atoms with Crippen LogP contribution in [0.3, 0.4) is 0 Å². The van der Waals surface area contributed by atoms with E-state index in [2.05, 4.69) is 0 Å². The van der Waals surface area contributed by atoms with Crippen LogP contribution in [0.1, 0.15) is 59.8 Å². The Labute approximate surface area is 110 Å². The summed E-state index contributed by atoms with van der Waals surface area (Å²) in [5.74, 6) is 0.386. The van der Waals surface area contributed by atoms with Crippen molar-refractivity contribution in [2.24, 2.45) is 17.3 Å². The first-order valence-electron chi connectivity index (χ1n) is 7.05. The van der Waals surface area contributed by atoms with Crippen LogP contribution in [0.25, 0.3) is 0 Å². The number of Topliss-reactive ketones (excluding diaryl/α,β-unsaturated/α-hetero) is 1. The van der Waals surface area contributed by atoms with Gasteiger partial charge in [0.2, 0.25) is 0 Å². The van der Waals surface area contributed by atoms with E-state index in [1.807, 2.05) is 27.7 Å². The fraction of sp³-hybridized carbons (Fsp3) is 0.933. The van der Waals surface area contributed by atoms with Crippen molar-refractivity contribution < 1.29 is 15.0 Å². The molecule has 4 atom stereocenters. The number of rotatable bonds is 1. The maximum Gasteiger partial charge on any atom is 0.133 e. The summed E-state index contributed by atoms with van der Waals surface area (Å²) >= 11 is 0. The fourth-order valence-corrected chi connectivity index (χ4v) is 4.09. The molecule has 3 nitrogen and oxygen atoms in total. The summed E-state index contributed by atoms with van der Waals surface area (Å²) in [5.41, 5.74) is -1.86. The first-order chi connectivity index (χ1) is 8.08. The largest absolute Gasteiger partial charge is 0.390 e. The van der Waals surface area contributed by atoms with Gasteiger partial charge in [-0.2, -0.15) is 0 Å². The molecule has 18 heavy (non-hydrogen) atoms. The Morgan fingerprint density at radius 1 is 1.39 bits per heavy atom. The van der Waals surface area contributed by atoms with E-state index in [-0.39, 0.29) is 23.0 Å². The van der Waals surface area contributed by atoms with Gasteiger partial charge in [-0.15, -0.1) is 0 Å². The molecule has 2 N–H and O–H groups in total. The van der Waals surface area contributed by atoms with Gasteiger partial charge in [-0.3, -0.25) is 4.79 Å². The van der Waals surface area contributed by atoms with Gasteiger partial charge in [0, 0.05) is 18.3 Å². The summed E-state index contributed by atoms with van der Waals surface area (Å²) in [6, 6.07) is 0. The highest BCUT2D eigenvalue weighted by molar-refractivity contribution is 5.81. The molecular weight excluding hydrogens is 228 g/mol. The molecule has 2 aliphatic carbocycles. The summed E-state index contributed by atoms with van der Waals surface area (Å²) in [6.45, 7) is 7.66. The first-order valence-corrected chi connectivity index (χ1v) is 7.05. The van der Waals surface area contributed by atoms with Crippen LogP contribution in [0, 0.1) is 17.3 Å².